The first-order valence-electron chi connectivity index (χ1n) is 9.11. The van der Waals surface area contributed by atoms with E-state index in [4.69, 9.17) is 4.74 Å². The Bertz CT molecular complexity index is 928. The molecule has 2 aromatic rings. The lowest BCUT2D eigenvalue weighted by Crippen LogP contribution is -2.20. The highest BCUT2D eigenvalue weighted by molar-refractivity contribution is 5.94. The molecule has 0 aromatic heterocycles. The average Bonchev–Trinajstić information content (AvgIpc) is 2.65. The molecule has 0 heterocycles. The summed E-state index contributed by atoms with van der Waals surface area (Å²) >= 11 is 0. The lowest BCUT2D eigenvalue weighted by atomic mass is 9.96. The van der Waals surface area contributed by atoms with Gasteiger partial charge in [0.15, 0.2) is 0 Å². The number of carboxylic acids is 1. The third-order valence-electron chi connectivity index (χ3n) is 4.60. The molecule has 2 aromatic carbocycles. The Morgan fingerprint density at radius 3 is 2.47 bits per heavy atom. The van der Waals surface area contributed by atoms with Crippen LogP contribution in [-0.4, -0.2) is 24.1 Å². The molecule has 0 saturated carbocycles. The lowest BCUT2D eigenvalue weighted by molar-refractivity contribution is -0.142. The summed E-state index contributed by atoms with van der Waals surface area (Å²) in [6.07, 6.45) is -5.03. The third-order valence-corrected chi connectivity index (χ3v) is 4.60. The summed E-state index contributed by atoms with van der Waals surface area (Å²) in [5, 5.41) is 11.7. The van der Waals surface area contributed by atoms with Gasteiger partial charge >= 0.3 is 12.1 Å². The maximum atomic E-state index is 13.7. The summed E-state index contributed by atoms with van der Waals surface area (Å²) in [5.41, 5.74) is -1.17. The number of benzene rings is 2. The number of carbonyl (C=O) groups excluding carboxylic acids is 1. The molecule has 1 unspecified atom stereocenters. The molecule has 0 bridgehead atoms. The van der Waals surface area contributed by atoms with Crippen LogP contribution in [0.25, 0.3) is 0 Å². The van der Waals surface area contributed by atoms with Gasteiger partial charge in [-0.25, -0.2) is 4.39 Å². The molecule has 1 atom stereocenters. The molecule has 1 amide bonds. The summed E-state index contributed by atoms with van der Waals surface area (Å²) in [6, 6.07) is 7.52. The Balaban J connectivity index is 2.26. The molecule has 5 nitrogen and oxygen atoms in total. The fourth-order valence-corrected chi connectivity index (χ4v) is 3.07. The van der Waals surface area contributed by atoms with Crippen molar-refractivity contribution in [1.29, 1.82) is 0 Å². The van der Waals surface area contributed by atoms with Crippen LogP contribution in [0.2, 0.25) is 0 Å². The second-order valence-corrected chi connectivity index (χ2v) is 6.68. The maximum Gasteiger partial charge on any atom is 0.419 e. The monoisotopic (exact) mass is 427 g/mol. The van der Waals surface area contributed by atoms with E-state index >= 15 is 0 Å². The number of carbonyl (C=O) groups is 2. The van der Waals surface area contributed by atoms with Gasteiger partial charge in [0.05, 0.1) is 30.7 Å². The van der Waals surface area contributed by atoms with E-state index < -0.39 is 47.3 Å². The van der Waals surface area contributed by atoms with Gasteiger partial charge in [0.2, 0.25) is 5.91 Å². The Kier molecular flexibility index (Phi) is 7.42. The number of rotatable bonds is 8. The quantitative estimate of drug-likeness (QED) is 0.600. The molecule has 0 saturated heterocycles. The number of ether oxygens (including phenoxy) is 1. The van der Waals surface area contributed by atoms with Crippen LogP contribution in [0.4, 0.5) is 23.2 Å². The lowest BCUT2D eigenvalue weighted by Gasteiger charge is -2.16. The summed E-state index contributed by atoms with van der Waals surface area (Å²) in [7, 11) is 1.35. The van der Waals surface area contributed by atoms with Crippen LogP contribution in [0, 0.1) is 11.7 Å². The average molecular weight is 427 g/mol. The second-order valence-electron chi connectivity index (χ2n) is 6.68. The van der Waals surface area contributed by atoms with Gasteiger partial charge in [-0.1, -0.05) is 25.1 Å². The van der Waals surface area contributed by atoms with Gasteiger partial charge in [-0.05, 0) is 42.2 Å². The molecule has 162 valence electrons. The van der Waals surface area contributed by atoms with E-state index in [0.29, 0.717) is 18.1 Å². The van der Waals surface area contributed by atoms with Crippen LogP contribution in [0.15, 0.2) is 36.4 Å². The predicted octanol–water partition coefficient (Wildman–Crippen LogP) is 4.69. The van der Waals surface area contributed by atoms with Crippen LogP contribution in [0.1, 0.15) is 30.0 Å². The molecule has 0 aliphatic carbocycles. The van der Waals surface area contributed by atoms with Crippen LogP contribution in [0.3, 0.4) is 0 Å². The first-order valence-corrected chi connectivity index (χ1v) is 9.11. The van der Waals surface area contributed by atoms with E-state index in [2.05, 4.69) is 5.32 Å². The van der Waals surface area contributed by atoms with E-state index in [-0.39, 0.29) is 17.9 Å². The zero-order chi connectivity index (χ0) is 22.5. The number of hydrogen-bond acceptors (Lipinski definition) is 3. The highest BCUT2D eigenvalue weighted by atomic mass is 19.4. The van der Waals surface area contributed by atoms with Gasteiger partial charge in [0, 0.05) is 0 Å². The van der Waals surface area contributed by atoms with Crippen molar-refractivity contribution in [2.75, 3.05) is 12.4 Å². The van der Waals surface area contributed by atoms with Gasteiger partial charge in [-0.3, -0.25) is 9.59 Å². The van der Waals surface area contributed by atoms with Crippen molar-refractivity contribution < 1.29 is 37.0 Å². The first-order chi connectivity index (χ1) is 14.1. The summed E-state index contributed by atoms with van der Waals surface area (Å²) in [5.74, 6) is -3.57. The van der Waals surface area contributed by atoms with E-state index in [9.17, 15) is 32.3 Å². The zero-order valence-electron chi connectivity index (χ0n) is 16.3. The minimum atomic E-state index is -4.94. The Morgan fingerprint density at radius 2 is 1.90 bits per heavy atom. The van der Waals surface area contributed by atoms with Crippen LogP contribution in [-0.2, 0) is 28.6 Å². The number of methoxy groups -OCH3 is 1. The normalized spacial score (nSPS) is 12.3. The van der Waals surface area contributed by atoms with E-state index in [1.807, 2.05) is 0 Å². The number of carboxylic acid groups (broad SMARTS) is 1. The number of aliphatic carboxylic acids is 1. The van der Waals surface area contributed by atoms with Crippen molar-refractivity contribution >= 4 is 17.6 Å². The number of amides is 1. The third kappa shape index (κ3) is 5.71. The number of halogens is 4. The summed E-state index contributed by atoms with van der Waals surface area (Å²) in [6.45, 7) is 1.74. The highest BCUT2D eigenvalue weighted by Gasteiger charge is 2.37. The van der Waals surface area contributed by atoms with E-state index in [0.717, 1.165) is 12.1 Å². The molecule has 2 rings (SSSR count). The van der Waals surface area contributed by atoms with Gasteiger partial charge in [-0.15, -0.1) is 0 Å². The molecule has 0 aliphatic rings. The predicted molar refractivity (Wildman–Crippen MR) is 102 cm³/mol. The van der Waals surface area contributed by atoms with Crippen molar-refractivity contribution in [3.05, 3.63) is 58.9 Å². The van der Waals surface area contributed by atoms with Crippen LogP contribution < -0.4 is 10.1 Å². The molecule has 2 N–H and O–H groups in total. The fourth-order valence-electron chi connectivity index (χ4n) is 3.07. The van der Waals surface area contributed by atoms with Gasteiger partial charge in [0.25, 0.3) is 0 Å². The van der Waals surface area contributed by atoms with Crippen molar-refractivity contribution in [2.45, 2.75) is 32.4 Å². The van der Waals surface area contributed by atoms with Gasteiger partial charge in [-0.2, -0.15) is 13.2 Å². The van der Waals surface area contributed by atoms with Gasteiger partial charge < -0.3 is 15.2 Å². The topological polar surface area (TPSA) is 75.6 Å². The Labute approximate surface area is 170 Å². The minimum absolute atomic E-state index is 0.185. The van der Waals surface area contributed by atoms with Crippen LogP contribution in [0.5, 0.6) is 5.75 Å². The molecular weight excluding hydrogens is 406 g/mol. The number of nitrogens with one attached hydrogen (secondary N) is 1. The number of anilines is 1. The number of alkyl halides is 3. The smallest absolute Gasteiger partial charge is 0.419 e. The molecule has 0 fully saturated rings. The Hall–Kier alpha value is -3.10. The SMILES string of the molecule is CCC(Cc1ccc(OC)c(NC(=O)Cc2cccc(F)c2C(F)(F)F)c1)C(=O)O. The molecule has 0 aliphatic heterocycles. The zero-order valence-corrected chi connectivity index (χ0v) is 16.3. The highest BCUT2D eigenvalue weighted by Crippen LogP contribution is 2.34. The molecule has 0 radical (unpaired) electrons. The van der Waals surface area contributed by atoms with E-state index in [1.165, 1.54) is 19.2 Å². The molecule has 30 heavy (non-hydrogen) atoms. The second kappa shape index (κ2) is 9.60. The maximum absolute atomic E-state index is 13.7. The summed E-state index contributed by atoms with van der Waals surface area (Å²) < 4.78 is 58.3. The minimum Gasteiger partial charge on any atom is -0.495 e. The first kappa shape index (κ1) is 23.2. The largest absolute Gasteiger partial charge is 0.495 e. The van der Waals surface area contributed by atoms with Gasteiger partial charge in [0.1, 0.15) is 11.6 Å². The Morgan fingerprint density at radius 1 is 1.20 bits per heavy atom. The van der Waals surface area contributed by atoms with Crippen molar-refractivity contribution in [2.24, 2.45) is 5.92 Å². The van der Waals surface area contributed by atoms with Crippen molar-refractivity contribution in [3.8, 4) is 5.75 Å². The fraction of sp³-hybridized carbons (Fsp3) is 0.333. The standard InChI is InChI=1S/C21H21F4NO4/c1-3-13(20(28)29)9-12-7-8-17(30-2)16(10-12)26-18(27)11-14-5-4-6-15(22)19(14)21(23,24)25/h4-8,10,13H,3,9,11H2,1-2H3,(H,26,27)(H,28,29). The molecule has 0 spiro atoms. The van der Waals surface area contributed by atoms with Crippen molar-refractivity contribution in [3.63, 3.8) is 0 Å². The molecular formula is C21H21F4NO4. The van der Waals surface area contributed by atoms with Crippen LogP contribution >= 0.6 is 0 Å². The molecule has 9 heteroatoms. The van der Waals surface area contributed by atoms with Crippen molar-refractivity contribution in [1.82, 2.24) is 0 Å². The van der Waals surface area contributed by atoms with E-state index in [1.54, 1.807) is 13.0 Å². The summed E-state index contributed by atoms with van der Waals surface area (Å²) in [4.78, 5) is 23.6. The number of hydrogen-bond donors (Lipinski definition) is 2.